The second-order valence-corrected chi connectivity index (χ2v) is 4.86. The van der Waals surface area contributed by atoms with Gasteiger partial charge in [-0.3, -0.25) is 0 Å². The van der Waals surface area contributed by atoms with E-state index in [2.05, 4.69) is 12.2 Å². The van der Waals surface area contributed by atoms with Crippen molar-refractivity contribution < 1.29 is 13.9 Å². The zero-order valence-corrected chi connectivity index (χ0v) is 11.6. The first kappa shape index (κ1) is 13.9. The van der Waals surface area contributed by atoms with Crippen molar-refractivity contribution in [3.8, 4) is 0 Å². The van der Waals surface area contributed by atoms with Crippen LogP contribution < -0.4 is 5.32 Å². The second kappa shape index (κ2) is 6.61. The van der Waals surface area contributed by atoms with Gasteiger partial charge in [-0.2, -0.15) is 0 Å². The van der Waals surface area contributed by atoms with E-state index in [1.807, 2.05) is 19.1 Å². The molecule has 1 aliphatic rings. The molecule has 1 atom stereocenters. The maximum absolute atomic E-state index is 11.6. The molecule has 2 heterocycles. The summed E-state index contributed by atoms with van der Waals surface area (Å²) in [5.41, 5.74) is 0. The van der Waals surface area contributed by atoms with Crippen molar-refractivity contribution in [3.63, 3.8) is 0 Å². The number of rotatable bonds is 4. The highest BCUT2D eigenvalue weighted by Crippen LogP contribution is 2.18. The van der Waals surface area contributed by atoms with Crippen LogP contribution in [0.15, 0.2) is 22.8 Å². The van der Waals surface area contributed by atoms with Crippen LogP contribution in [0.1, 0.15) is 38.5 Å². The summed E-state index contributed by atoms with van der Waals surface area (Å²) in [6, 6.07) is 4.50. The molecule has 1 saturated heterocycles. The van der Waals surface area contributed by atoms with Crippen molar-refractivity contribution in [2.45, 2.75) is 38.8 Å². The molecular weight excluding hydrogens is 244 g/mol. The number of amides is 1. The van der Waals surface area contributed by atoms with Gasteiger partial charge < -0.3 is 19.4 Å². The first-order chi connectivity index (χ1) is 9.20. The van der Waals surface area contributed by atoms with Gasteiger partial charge in [-0.25, -0.2) is 4.79 Å². The molecule has 1 amide bonds. The summed E-state index contributed by atoms with van der Waals surface area (Å²) in [6.07, 6.45) is 3.39. The van der Waals surface area contributed by atoms with Crippen LogP contribution in [0.5, 0.6) is 0 Å². The van der Waals surface area contributed by atoms with Crippen molar-refractivity contribution in [1.29, 1.82) is 0 Å². The average Bonchev–Trinajstić information content (AvgIpc) is 2.94. The van der Waals surface area contributed by atoms with E-state index in [1.165, 1.54) is 0 Å². The van der Waals surface area contributed by atoms with Gasteiger partial charge in [0.05, 0.1) is 18.9 Å². The Balaban J connectivity index is 1.76. The van der Waals surface area contributed by atoms with Gasteiger partial charge in [-0.1, -0.05) is 0 Å². The molecule has 0 spiro atoms. The number of carbonyl (C=O) groups excluding carboxylic acids is 1. The molecule has 1 aromatic heterocycles. The van der Waals surface area contributed by atoms with Crippen LogP contribution in [0.4, 0.5) is 4.79 Å². The lowest BCUT2D eigenvalue weighted by molar-refractivity contribution is 0.0941. The highest BCUT2D eigenvalue weighted by Gasteiger charge is 2.24. The molecule has 5 nitrogen and oxygen atoms in total. The minimum atomic E-state index is -0.194. The molecule has 19 heavy (non-hydrogen) atoms. The van der Waals surface area contributed by atoms with Gasteiger partial charge in [0.1, 0.15) is 5.76 Å². The summed E-state index contributed by atoms with van der Waals surface area (Å²) in [6.45, 7) is 5.86. The minimum absolute atomic E-state index is 0.194. The van der Waals surface area contributed by atoms with Crippen LogP contribution in [0, 0.1) is 0 Å². The third-order valence-electron chi connectivity index (χ3n) is 3.48. The molecule has 1 aromatic rings. The molecule has 0 aromatic carbocycles. The van der Waals surface area contributed by atoms with E-state index in [-0.39, 0.29) is 12.1 Å². The molecular formula is C14H22N2O3. The largest absolute Gasteiger partial charge is 0.468 e. The molecule has 0 radical (unpaired) electrons. The minimum Gasteiger partial charge on any atom is -0.468 e. The lowest BCUT2D eigenvalue weighted by Gasteiger charge is -2.32. The summed E-state index contributed by atoms with van der Waals surface area (Å²) in [5.74, 6) is 0.952. The summed E-state index contributed by atoms with van der Waals surface area (Å²) in [4.78, 5) is 13.4. The van der Waals surface area contributed by atoms with E-state index in [1.54, 1.807) is 11.2 Å². The molecule has 0 saturated carbocycles. The standard InChI is InChI=1S/C14H22N2O3/c1-3-18-14(17)16-8-6-12(7-9-16)15-11(2)13-5-4-10-19-13/h4-5,10-12,15H,3,6-9H2,1-2H3/t11-/m1/s1. The highest BCUT2D eigenvalue weighted by molar-refractivity contribution is 5.67. The van der Waals surface area contributed by atoms with Crippen LogP contribution >= 0.6 is 0 Å². The van der Waals surface area contributed by atoms with Crippen molar-refractivity contribution in [2.24, 2.45) is 0 Å². The number of carbonyl (C=O) groups is 1. The van der Waals surface area contributed by atoms with Crippen LogP contribution in [-0.4, -0.2) is 36.7 Å². The van der Waals surface area contributed by atoms with Crippen LogP contribution in [0.25, 0.3) is 0 Å². The van der Waals surface area contributed by atoms with Crippen molar-refractivity contribution in [1.82, 2.24) is 10.2 Å². The van der Waals surface area contributed by atoms with Crippen LogP contribution in [-0.2, 0) is 4.74 Å². The SMILES string of the molecule is CCOC(=O)N1CCC(N[C@H](C)c2ccco2)CC1. The molecule has 1 fully saturated rings. The van der Waals surface area contributed by atoms with Crippen molar-refractivity contribution >= 4 is 6.09 Å². The zero-order chi connectivity index (χ0) is 13.7. The Hall–Kier alpha value is -1.49. The maximum Gasteiger partial charge on any atom is 0.409 e. The molecule has 0 aliphatic carbocycles. The molecule has 1 N–H and O–H groups in total. The first-order valence-corrected chi connectivity index (χ1v) is 6.92. The number of hydrogen-bond donors (Lipinski definition) is 1. The fraction of sp³-hybridized carbons (Fsp3) is 0.643. The second-order valence-electron chi connectivity index (χ2n) is 4.86. The van der Waals surface area contributed by atoms with E-state index in [0.717, 1.165) is 31.7 Å². The summed E-state index contributed by atoms with van der Waals surface area (Å²) in [7, 11) is 0. The van der Waals surface area contributed by atoms with E-state index >= 15 is 0 Å². The predicted octanol–water partition coefficient (Wildman–Crippen LogP) is 2.55. The fourth-order valence-electron chi connectivity index (χ4n) is 2.42. The number of nitrogens with one attached hydrogen (secondary N) is 1. The molecule has 1 aliphatic heterocycles. The molecule has 106 valence electrons. The number of hydrogen-bond acceptors (Lipinski definition) is 4. The summed E-state index contributed by atoms with van der Waals surface area (Å²) < 4.78 is 10.4. The number of furan rings is 1. The molecule has 2 rings (SSSR count). The Morgan fingerprint density at radius 3 is 2.89 bits per heavy atom. The number of likely N-dealkylation sites (tertiary alicyclic amines) is 1. The zero-order valence-electron chi connectivity index (χ0n) is 11.6. The third kappa shape index (κ3) is 3.73. The van der Waals surface area contributed by atoms with Gasteiger partial charge in [0.2, 0.25) is 0 Å². The van der Waals surface area contributed by atoms with Gasteiger partial charge >= 0.3 is 6.09 Å². The maximum atomic E-state index is 11.6. The van der Waals surface area contributed by atoms with Crippen molar-refractivity contribution in [3.05, 3.63) is 24.2 Å². The van der Waals surface area contributed by atoms with Gasteiger partial charge in [0.25, 0.3) is 0 Å². The summed E-state index contributed by atoms with van der Waals surface area (Å²) >= 11 is 0. The van der Waals surface area contributed by atoms with Gasteiger partial charge in [0.15, 0.2) is 0 Å². The molecule has 0 bridgehead atoms. The van der Waals surface area contributed by atoms with Gasteiger partial charge in [-0.15, -0.1) is 0 Å². The fourth-order valence-corrected chi connectivity index (χ4v) is 2.42. The number of ether oxygens (including phenoxy) is 1. The smallest absolute Gasteiger partial charge is 0.409 e. The monoisotopic (exact) mass is 266 g/mol. The predicted molar refractivity (Wildman–Crippen MR) is 71.9 cm³/mol. The first-order valence-electron chi connectivity index (χ1n) is 6.92. The number of nitrogens with zero attached hydrogens (tertiary/aromatic N) is 1. The summed E-state index contributed by atoms with van der Waals surface area (Å²) in [5, 5.41) is 3.54. The Morgan fingerprint density at radius 1 is 1.58 bits per heavy atom. The van der Waals surface area contributed by atoms with Gasteiger partial charge in [-0.05, 0) is 38.8 Å². The topological polar surface area (TPSA) is 54.7 Å². The number of piperidine rings is 1. The lowest BCUT2D eigenvalue weighted by Crippen LogP contribution is -2.45. The van der Waals surface area contributed by atoms with E-state index in [4.69, 9.17) is 9.15 Å². The highest BCUT2D eigenvalue weighted by atomic mass is 16.6. The van der Waals surface area contributed by atoms with Crippen LogP contribution in [0.2, 0.25) is 0 Å². The van der Waals surface area contributed by atoms with Gasteiger partial charge in [0, 0.05) is 19.1 Å². The van der Waals surface area contributed by atoms with E-state index < -0.39 is 0 Å². The van der Waals surface area contributed by atoms with Crippen LogP contribution in [0.3, 0.4) is 0 Å². The lowest BCUT2D eigenvalue weighted by atomic mass is 10.0. The van der Waals surface area contributed by atoms with Crippen molar-refractivity contribution in [2.75, 3.05) is 19.7 Å². The normalized spacial score (nSPS) is 18.3. The quantitative estimate of drug-likeness (QED) is 0.910. The van der Waals surface area contributed by atoms with E-state index in [0.29, 0.717) is 12.6 Å². The Bertz CT molecular complexity index is 383. The Morgan fingerprint density at radius 2 is 2.32 bits per heavy atom. The third-order valence-corrected chi connectivity index (χ3v) is 3.48. The molecule has 5 heteroatoms. The Labute approximate surface area is 113 Å². The molecule has 0 unspecified atom stereocenters. The Kier molecular flexibility index (Phi) is 4.85. The van der Waals surface area contributed by atoms with E-state index in [9.17, 15) is 4.79 Å². The average molecular weight is 266 g/mol.